The zero-order valence-electron chi connectivity index (χ0n) is 15.8. The number of hydrogen-bond donors (Lipinski definition) is 0. The second kappa shape index (κ2) is 7.75. The molecule has 0 aliphatic carbocycles. The summed E-state index contributed by atoms with van der Waals surface area (Å²) in [7, 11) is 0. The van der Waals surface area contributed by atoms with E-state index in [-0.39, 0.29) is 17.9 Å². The van der Waals surface area contributed by atoms with Gasteiger partial charge in [-0.15, -0.1) is 5.10 Å². The molecule has 3 heterocycles. The average molecular weight is 378 g/mol. The van der Waals surface area contributed by atoms with Crippen molar-refractivity contribution in [3.63, 3.8) is 0 Å². The second-order valence-electron chi connectivity index (χ2n) is 6.91. The highest BCUT2D eigenvalue weighted by molar-refractivity contribution is 5.77. The third-order valence-corrected chi connectivity index (χ3v) is 5.04. The molecule has 8 heteroatoms. The molecule has 28 heavy (non-hydrogen) atoms. The molecule has 0 unspecified atom stereocenters. The number of aromatic nitrogens is 4. The van der Waals surface area contributed by atoms with Crippen molar-refractivity contribution in [1.29, 1.82) is 0 Å². The molecule has 2 aromatic heterocycles. The maximum absolute atomic E-state index is 12.6. The third kappa shape index (κ3) is 3.71. The van der Waals surface area contributed by atoms with Gasteiger partial charge in [0.2, 0.25) is 5.91 Å². The van der Waals surface area contributed by atoms with E-state index in [0.29, 0.717) is 30.5 Å². The molecule has 0 atom stereocenters. The standard InChI is InChI=1S/C20H22N6O2/c1-15-6-7-18(23-22-15)24-10-12-25(13-11-24)19(27)8-9-26-14-21-17-5-3-2-4-16(17)20(26)28/h2-7,14H,8-13H2,1H3. The number of amides is 1. The summed E-state index contributed by atoms with van der Waals surface area (Å²) in [6.45, 7) is 4.96. The van der Waals surface area contributed by atoms with E-state index in [4.69, 9.17) is 0 Å². The molecule has 1 fully saturated rings. The minimum atomic E-state index is -0.110. The minimum absolute atomic E-state index is 0.0506. The van der Waals surface area contributed by atoms with Gasteiger partial charge < -0.3 is 9.80 Å². The van der Waals surface area contributed by atoms with Gasteiger partial charge in [0.25, 0.3) is 5.56 Å². The fraction of sp³-hybridized carbons (Fsp3) is 0.350. The van der Waals surface area contributed by atoms with E-state index >= 15 is 0 Å². The molecule has 144 valence electrons. The first-order valence-electron chi connectivity index (χ1n) is 9.39. The Balaban J connectivity index is 1.34. The summed E-state index contributed by atoms with van der Waals surface area (Å²) < 4.78 is 1.51. The zero-order valence-corrected chi connectivity index (χ0v) is 15.8. The number of rotatable bonds is 4. The predicted molar refractivity (Wildman–Crippen MR) is 106 cm³/mol. The smallest absolute Gasteiger partial charge is 0.261 e. The Morgan fingerprint density at radius 2 is 1.82 bits per heavy atom. The van der Waals surface area contributed by atoms with Crippen LogP contribution in [-0.2, 0) is 11.3 Å². The number of carbonyl (C=O) groups excluding carboxylic acids is 1. The van der Waals surface area contributed by atoms with Gasteiger partial charge in [-0.05, 0) is 31.2 Å². The summed E-state index contributed by atoms with van der Waals surface area (Å²) in [4.78, 5) is 33.4. The number of hydrogen-bond acceptors (Lipinski definition) is 6. The molecular formula is C20H22N6O2. The van der Waals surface area contributed by atoms with Gasteiger partial charge >= 0.3 is 0 Å². The van der Waals surface area contributed by atoms with Crippen molar-refractivity contribution in [2.75, 3.05) is 31.1 Å². The maximum atomic E-state index is 12.6. The SMILES string of the molecule is Cc1ccc(N2CCN(C(=O)CCn3cnc4ccccc4c3=O)CC2)nn1. The molecule has 1 aliphatic heterocycles. The molecule has 0 spiro atoms. The van der Waals surface area contributed by atoms with Crippen LogP contribution in [0.4, 0.5) is 5.82 Å². The second-order valence-corrected chi connectivity index (χ2v) is 6.91. The maximum Gasteiger partial charge on any atom is 0.261 e. The first-order chi connectivity index (χ1) is 13.6. The molecule has 0 bridgehead atoms. The molecular weight excluding hydrogens is 356 g/mol. The molecule has 8 nitrogen and oxygen atoms in total. The summed E-state index contributed by atoms with van der Waals surface area (Å²) in [5.74, 6) is 0.890. The quantitative estimate of drug-likeness (QED) is 0.679. The minimum Gasteiger partial charge on any atom is -0.352 e. The highest BCUT2D eigenvalue weighted by Crippen LogP contribution is 2.13. The number of benzene rings is 1. The lowest BCUT2D eigenvalue weighted by Crippen LogP contribution is -2.49. The van der Waals surface area contributed by atoms with E-state index in [1.54, 1.807) is 6.07 Å². The summed E-state index contributed by atoms with van der Waals surface area (Å²) in [6, 6.07) is 11.1. The number of para-hydroxylation sites is 1. The van der Waals surface area contributed by atoms with Crippen LogP contribution < -0.4 is 10.5 Å². The fourth-order valence-corrected chi connectivity index (χ4v) is 3.39. The Morgan fingerprint density at radius 3 is 2.57 bits per heavy atom. The topological polar surface area (TPSA) is 84.2 Å². The molecule has 1 amide bonds. The summed E-state index contributed by atoms with van der Waals surface area (Å²) in [5, 5.41) is 8.87. The van der Waals surface area contributed by atoms with Crippen molar-refractivity contribution in [1.82, 2.24) is 24.6 Å². The van der Waals surface area contributed by atoms with Crippen molar-refractivity contribution >= 4 is 22.6 Å². The summed E-state index contributed by atoms with van der Waals surface area (Å²) >= 11 is 0. The van der Waals surface area contributed by atoms with Crippen LogP contribution in [-0.4, -0.2) is 56.7 Å². The number of aryl methyl sites for hydroxylation is 2. The van der Waals surface area contributed by atoms with E-state index in [1.807, 2.05) is 42.2 Å². The van der Waals surface area contributed by atoms with E-state index in [1.165, 1.54) is 10.9 Å². The van der Waals surface area contributed by atoms with E-state index in [9.17, 15) is 9.59 Å². The number of fused-ring (bicyclic) bond motifs is 1. The van der Waals surface area contributed by atoms with E-state index in [0.717, 1.165) is 24.6 Å². The number of carbonyl (C=O) groups is 1. The molecule has 1 aliphatic rings. The first kappa shape index (κ1) is 18.1. The van der Waals surface area contributed by atoms with Gasteiger partial charge in [0.1, 0.15) is 0 Å². The monoisotopic (exact) mass is 378 g/mol. The van der Waals surface area contributed by atoms with Crippen LogP contribution in [0.15, 0.2) is 47.5 Å². The van der Waals surface area contributed by atoms with Gasteiger partial charge in [-0.3, -0.25) is 14.2 Å². The van der Waals surface area contributed by atoms with Crippen molar-refractivity contribution in [2.24, 2.45) is 0 Å². The molecule has 0 radical (unpaired) electrons. The van der Waals surface area contributed by atoms with Crippen molar-refractivity contribution in [3.8, 4) is 0 Å². The highest BCUT2D eigenvalue weighted by Gasteiger charge is 2.22. The van der Waals surface area contributed by atoms with Crippen molar-refractivity contribution < 1.29 is 4.79 Å². The lowest BCUT2D eigenvalue weighted by atomic mass is 10.2. The molecule has 0 N–H and O–H groups in total. The van der Waals surface area contributed by atoms with Gasteiger partial charge in [-0.2, -0.15) is 5.10 Å². The highest BCUT2D eigenvalue weighted by atomic mass is 16.2. The van der Waals surface area contributed by atoms with Crippen LogP contribution in [0.5, 0.6) is 0 Å². The Bertz CT molecular complexity index is 1040. The van der Waals surface area contributed by atoms with Crippen LogP contribution in [0.2, 0.25) is 0 Å². The van der Waals surface area contributed by atoms with Crippen LogP contribution in [0.25, 0.3) is 10.9 Å². The normalized spacial score (nSPS) is 14.5. The van der Waals surface area contributed by atoms with Crippen LogP contribution in [0.3, 0.4) is 0 Å². The largest absolute Gasteiger partial charge is 0.352 e. The average Bonchev–Trinajstić information content (AvgIpc) is 2.74. The lowest BCUT2D eigenvalue weighted by molar-refractivity contribution is -0.131. The van der Waals surface area contributed by atoms with Gasteiger partial charge in [0, 0.05) is 39.1 Å². The number of nitrogens with zero attached hydrogens (tertiary/aromatic N) is 6. The molecule has 3 aromatic rings. The first-order valence-corrected chi connectivity index (χ1v) is 9.39. The summed E-state index contributed by atoms with van der Waals surface area (Å²) in [5.41, 5.74) is 1.45. The molecule has 1 saturated heterocycles. The zero-order chi connectivity index (χ0) is 19.5. The van der Waals surface area contributed by atoms with Crippen molar-refractivity contribution in [2.45, 2.75) is 19.9 Å². The lowest BCUT2D eigenvalue weighted by Gasteiger charge is -2.35. The molecule has 0 saturated carbocycles. The Kier molecular flexibility index (Phi) is 5.01. The Hall–Kier alpha value is -3.29. The van der Waals surface area contributed by atoms with Gasteiger partial charge in [-0.1, -0.05) is 12.1 Å². The van der Waals surface area contributed by atoms with Crippen LogP contribution in [0, 0.1) is 6.92 Å². The van der Waals surface area contributed by atoms with Gasteiger partial charge in [0.15, 0.2) is 5.82 Å². The fourth-order valence-electron chi connectivity index (χ4n) is 3.39. The van der Waals surface area contributed by atoms with Crippen molar-refractivity contribution in [3.05, 3.63) is 58.8 Å². The van der Waals surface area contributed by atoms with Crippen LogP contribution >= 0.6 is 0 Å². The predicted octanol–water partition coefficient (Wildman–Crippen LogP) is 1.23. The Labute approximate surface area is 162 Å². The number of piperazine rings is 1. The Morgan fingerprint density at radius 1 is 1.04 bits per heavy atom. The molecule has 1 aromatic carbocycles. The van der Waals surface area contributed by atoms with Gasteiger partial charge in [-0.25, -0.2) is 4.98 Å². The number of anilines is 1. The third-order valence-electron chi connectivity index (χ3n) is 5.04. The van der Waals surface area contributed by atoms with Gasteiger partial charge in [0.05, 0.1) is 22.9 Å². The van der Waals surface area contributed by atoms with E-state index in [2.05, 4.69) is 20.1 Å². The van der Waals surface area contributed by atoms with E-state index < -0.39 is 0 Å². The van der Waals surface area contributed by atoms with Crippen LogP contribution in [0.1, 0.15) is 12.1 Å². The molecule has 4 rings (SSSR count). The summed E-state index contributed by atoms with van der Waals surface area (Å²) in [6.07, 6.45) is 1.80.